The molecule has 0 bridgehead atoms. The molecule has 19 heavy (non-hydrogen) atoms. The molecule has 0 atom stereocenters. The predicted molar refractivity (Wildman–Crippen MR) is 60.7 cm³/mol. The van der Waals surface area contributed by atoms with Crippen molar-refractivity contribution in [3.63, 3.8) is 0 Å². The lowest BCUT2D eigenvalue weighted by atomic mass is 10.1. The Morgan fingerprint density at radius 3 is 2.53 bits per heavy atom. The Balaban J connectivity index is 2.02. The zero-order valence-electron chi connectivity index (χ0n) is 10.1. The van der Waals surface area contributed by atoms with Gasteiger partial charge in [0.15, 0.2) is 5.82 Å². The minimum atomic E-state index is -0.756. The van der Waals surface area contributed by atoms with E-state index in [4.69, 9.17) is 9.78 Å². The van der Waals surface area contributed by atoms with Gasteiger partial charge >= 0.3 is 0 Å². The first-order valence-electron chi connectivity index (χ1n) is 5.48. The van der Waals surface area contributed by atoms with Gasteiger partial charge in [-0.1, -0.05) is 5.16 Å². The van der Waals surface area contributed by atoms with Crippen LogP contribution in [0.2, 0.25) is 0 Å². The Kier molecular flexibility index (Phi) is 3.82. The van der Waals surface area contributed by atoms with Gasteiger partial charge in [-0.3, -0.25) is 0 Å². The molecule has 1 heterocycles. The SMILES string of the molecule is Cc1nc(CNCc2c(F)cc(C#N)cc2F)no1. The molecule has 1 aromatic heterocycles. The zero-order chi connectivity index (χ0) is 13.8. The summed E-state index contributed by atoms with van der Waals surface area (Å²) in [5.41, 5.74) is -0.174. The molecule has 0 aliphatic heterocycles. The average molecular weight is 264 g/mol. The molecule has 0 radical (unpaired) electrons. The van der Waals surface area contributed by atoms with Crippen molar-refractivity contribution in [1.82, 2.24) is 15.5 Å². The quantitative estimate of drug-likeness (QED) is 0.911. The molecule has 0 fully saturated rings. The molecule has 0 unspecified atom stereocenters. The number of nitriles is 1. The van der Waals surface area contributed by atoms with Crippen LogP contribution in [-0.4, -0.2) is 10.1 Å². The third-order valence-corrected chi connectivity index (χ3v) is 2.42. The van der Waals surface area contributed by atoms with Gasteiger partial charge in [-0.25, -0.2) is 8.78 Å². The van der Waals surface area contributed by atoms with Crippen molar-refractivity contribution in [3.05, 3.63) is 46.6 Å². The molecular weight excluding hydrogens is 254 g/mol. The third-order valence-electron chi connectivity index (χ3n) is 2.42. The van der Waals surface area contributed by atoms with E-state index in [2.05, 4.69) is 15.5 Å². The Morgan fingerprint density at radius 2 is 2.00 bits per heavy atom. The number of aryl methyl sites for hydroxylation is 1. The molecule has 98 valence electrons. The Bertz CT molecular complexity index is 610. The van der Waals surface area contributed by atoms with Gasteiger partial charge in [-0.05, 0) is 12.1 Å². The minimum absolute atomic E-state index is 0.0308. The van der Waals surface area contributed by atoms with E-state index in [0.717, 1.165) is 12.1 Å². The predicted octanol–water partition coefficient (Wildman–Crippen LogP) is 1.82. The monoisotopic (exact) mass is 264 g/mol. The Labute approximate surface area is 107 Å². The number of hydrogen-bond donors (Lipinski definition) is 1. The molecule has 2 aromatic rings. The highest BCUT2D eigenvalue weighted by molar-refractivity contribution is 5.34. The fourth-order valence-electron chi connectivity index (χ4n) is 1.55. The second kappa shape index (κ2) is 5.54. The van der Waals surface area contributed by atoms with Crippen LogP contribution in [0.25, 0.3) is 0 Å². The lowest BCUT2D eigenvalue weighted by molar-refractivity contribution is 0.385. The number of benzene rings is 1. The molecule has 0 aliphatic carbocycles. The number of nitrogens with zero attached hydrogens (tertiary/aromatic N) is 3. The van der Waals surface area contributed by atoms with Crippen molar-refractivity contribution in [2.75, 3.05) is 0 Å². The van der Waals surface area contributed by atoms with E-state index in [0.29, 0.717) is 11.7 Å². The number of rotatable bonds is 4. The lowest BCUT2D eigenvalue weighted by Crippen LogP contribution is -2.16. The fourth-order valence-corrected chi connectivity index (χ4v) is 1.55. The van der Waals surface area contributed by atoms with Crippen molar-refractivity contribution in [2.24, 2.45) is 0 Å². The number of aromatic nitrogens is 2. The third kappa shape index (κ3) is 3.11. The maximum Gasteiger partial charge on any atom is 0.223 e. The molecule has 0 amide bonds. The van der Waals surface area contributed by atoms with Gasteiger partial charge in [-0.15, -0.1) is 0 Å². The van der Waals surface area contributed by atoms with Gasteiger partial charge in [-0.2, -0.15) is 10.2 Å². The molecule has 1 N–H and O–H groups in total. The van der Waals surface area contributed by atoms with Gasteiger partial charge in [0.1, 0.15) is 11.6 Å². The Hall–Kier alpha value is -2.33. The van der Waals surface area contributed by atoms with E-state index in [1.54, 1.807) is 13.0 Å². The Morgan fingerprint density at radius 1 is 1.32 bits per heavy atom. The second-order valence-corrected chi connectivity index (χ2v) is 3.86. The van der Waals surface area contributed by atoms with Crippen molar-refractivity contribution < 1.29 is 13.3 Å². The molecule has 1 aromatic carbocycles. The topological polar surface area (TPSA) is 74.7 Å². The summed E-state index contributed by atoms with van der Waals surface area (Å²) >= 11 is 0. The summed E-state index contributed by atoms with van der Waals surface area (Å²) in [5.74, 6) is -0.679. The van der Waals surface area contributed by atoms with Crippen LogP contribution in [0.1, 0.15) is 22.8 Å². The highest BCUT2D eigenvalue weighted by atomic mass is 19.1. The highest BCUT2D eigenvalue weighted by Crippen LogP contribution is 2.15. The molecule has 0 saturated carbocycles. The lowest BCUT2D eigenvalue weighted by Gasteiger charge is -2.06. The van der Waals surface area contributed by atoms with Crippen LogP contribution in [0, 0.1) is 29.9 Å². The summed E-state index contributed by atoms with van der Waals surface area (Å²) in [7, 11) is 0. The summed E-state index contributed by atoms with van der Waals surface area (Å²) in [6.07, 6.45) is 0. The second-order valence-electron chi connectivity index (χ2n) is 3.86. The van der Waals surface area contributed by atoms with Crippen LogP contribution in [0.5, 0.6) is 0 Å². The van der Waals surface area contributed by atoms with Crippen LogP contribution < -0.4 is 5.32 Å². The summed E-state index contributed by atoms with van der Waals surface area (Å²) in [4.78, 5) is 3.94. The zero-order valence-corrected chi connectivity index (χ0v) is 10.1. The molecule has 5 nitrogen and oxygen atoms in total. The first-order valence-corrected chi connectivity index (χ1v) is 5.48. The van der Waals surface area contributed by atoms with Crippen molar-refractivity contribution in [2.45, 2.75) is 20.0 Å². The van der Waals surface area contributed by atoms with Gasteiger partial charge in [0.2, 0.25) is 5.89 Å². The molecule has 7 heteroatoms. The van der Waals surface area contributed by atoms with E-state index >= 15 is 0 Å². The number of halogens is 2. The molecule has 0 spiro atoms. The normalized spacial score (nSPS) is 10.4. The fraction of sp³-hybridized carbons (Fsp3) is 0.250. The standard InChI is InChI=1S/C12H10F2N4O/c1-7-17-12(18-19-7)6-16-5-9-10(13)2-8(4-15)3-11(9)14/h2-3,16H,5-6H2,1H3. The summed E-state index contributed by atoms with van der Waals surface area (Å²) in [6.45, 7) is 1.85. The summed E-state index contributed by atoms with van der Waals surface area (Å²) in [5, 5.41) is 15.0. The number of nitrogens with one attached hydrogen (secondary N) is 1. The van der Waals surface area contributed by atoms with Gasteiger partial charge in [0, 0.05) is 19.0 Å². The van der Waals surface area contributed by atoms with E-state index in [9.17, 15) is 8.78 Å². The van der Waals surface area contributed by atoms with Crippen LogP contribution in [0.3, 0.4) is 0 Å². The van der Waals surface area contributed by atoms with Crippen LogP contribution in [0.15, 0.2) is 16.7 Å². The summed E-state index contributed by atoms with van der Waals surface area (Å²) in [6, 6.07) is 3.68. The van der Waals surface area contributed by atoms with Crippen LogP contribution >= 0.6 is 0 Å². The van der Waals surface area contributed by atoms with Crippen LogP contribution in [-0.2, 0) is 13.1 Å². The first-order chi connectivity index (χ1) is 9.10. The molecule has 0 aliphatic rings. The average Bonchev–Trinajstić information content (AvgIpc) is 2.78. The highest BCUT2D eigenvalue weighted by Gasteiger charge is 2.11. The molecular formula is C12H10F2N4O. The number of hydrogen-bond acceptors (Lipinski definition) is 5. The largest absolute Gasteiger partial charge is 0.340 e. The van der Waals surface area contributed by atoms with Gasteiger partial charge < -0.3 is 9.84 Å². The van der Waals surface area contributed by atoms with Crippen molar-refractivity contribution in [3.8, 4) is 6.07 Å². The van der Waals surface area contributed by atoms with Gasteiger partial charge in [0.25, 0.3) is 0 Å². The van der Waals surface area contributed by atoms with E-state index in [1.165, 1.54) is 0 Å². The van der Waals surface area contributed by atoms with E-state index < -0.39 is 11.6 Å². The first kappa shape index (κ1) is 13.1. The van der Waals surface area contributed by atoms with E-state index in [-0.39, 0.29) is 24.2 Å². The van der Waals surface area contributed by atoms with Crippen molar-refractivity contribution in [1.29, 1.82) is 5.26 Å². The van der Waals surface area contributed by atoms with Gasteiger partial charge in [0.05, 0.1) is 18.2 Å². The smallest absolute Gasteiger partial charge is 0.223 e. The molecule has 2 rings (SSSR count). The van der Waals surface area contributed by atoms with E-state index in [1.807, 2.05) is 0 Å². The van der Waals surface area contributed by atoms with Crippen molar-refractivity contribution >= 4 is 0 Å². The minimum Gasteiger partial charge on any atom is -0.340 e. The molecule has 0 saturated heterocycles. The summed E-state index contributed by atoms with van der Waals surface area (Å²) < 4.78 is 31.9. The van der Waals surface area contributed by atoms with Crippen LogP contribution in [0.4, 0.5) is 8.78 Å². The maximum absolute atomic E-state index is 13.5. The maximum atomic E-state index is 13.5.